The van der Waals surface area contributed by atoms with Crippen LogP contribution in [0.2, 0.25) is 0 Å². The van der Waals surface area contributed by atoms with Crippen LogP contribution in [0.25, 0.3) is 0 Å². The Balaban J connectivity index is 0.856. The Bertz CT molecular complexity index is 2180. The average Bonchev–Trinajstić information content (AvgIpc) is 1.70. The fourth-order valence-electron chi connectivity index (χ4n) is 16.0. The number of fused-ring (bicyclic) bond motifs is 5. The second-order valence-electron chi connectivity index (χ2n) is 26.8. The van der Waals surface area contributed by atoms with Gasteiger partial charge in [-0.25, -0.2) is 0 Å². The Morgan fingerprint density at radius 3 is 1.75 bits per heavy atom. The van der Waals surface area contributed by atoms with Crippen LogP contribution in [0.4, 0.5) is 0 Å². The standard InChI is InChI=1S/C59H100O26/c1-10-31-34(85-59(8,74-9)18-13-24(2)23-75-52-44(69)42(67)39(64)35(21-60)80-52)20-33-30-12-11-28-19-29(14-16-57(28,6)32(30)15-17-58(31,33)7)79-56-51(84-54-46(71)41(66)38(63)26(4)77-54)48(73)50(36(22-61)81-56)83-55-47(72)43(68)49(27(5)78-55)82-53-45(70)40(65)37(62)25(3)76-53/h11,24-27,29-56,60-73H,10,12-23H2,1-9H3/t24-,25?,26?,27?,29+,30-,31+,32+,33+,34+,35?,36?,37+,38+,39-,40?,41?,42+,43?,44?,45-,46+,47-,48+,49+,50-,51?,52-,53+,54+,55+,56-,57+,58-,59+/m1/s1. The molecule has 35 atom stereocenters. The molecule has 0 amide bonds. The van der Waals surface area contributed by atoms with Gasteiger partial charge in [0.25, 0.3) is 0 Å². The molecule has 26 heteroatoms. The molecule has 492 valence electrons. The van der Waals surface area contributed by atoms with Gasteiger partial charge in [0.2, 0.25) is 0 Å². The first kappa shape index (κ1) is 68.1. The normalized spacial score (nSPS) is 52.3. The van der Waals surface area contributed by atoms with Crippen molar-refractivity contribution in [1.82, 2.24) is 0 Å². The van der Waals surface area contributed by atoms with Crippen LogP contribution in [-0.2, 0) is 56.8 Å². The monoisotopic (exact) mass is 1220 g/mol. The molecule has 26 nitrogen and oxygen atoms in total. The summed E-state index contributed by atoms with van der Waals surface area (Å²) in [5.41, 5.74) is 1.10. The van der Waals surface area contributed by atoms with Gasteiger partial charge in [-0.2, -0.15) is 0 Å². The van der Waals surface area contributed by atoms with E-state index in [0.29, 0.717) is 43.4 Å². The molecule has 9 aliphatic rings. The Labute approximate surface area is 497 Å². The predicted molar refractivity (Wildman–Crippen MR) is 292 cm³/mol. The maximum Gasteiger partial charge on any atom is 0.187 e. The van der Waals surface area contributed by atoms with Gasteiger partial charge < -0.3 is 128 Å². The second kappa shape index (κ2) is 27.5. The SMILES string of the molecule is CC[C@H]1[C@@H](O[C@@](C)(CC[C@@H](C)CO[C@@H]2OC(CO)[C@@H](O)[C@H](O)C2O)OC)C[C@H]2[C@@H]3CC=C4C[C@@H](O[C@@H]5OC(CO)[C@@H](O[C@@H]6OC(C)[C@H](O[C@@H]7OC(C)[C@H](O)C(O)[C@H]7O)C(O)[C@H]6O)[C@H](O)C5O[C@@H]5OC(C)[C@H](O)C(O)[C@@H]5O)CC[C@]4(C)[C@H]3CC[C@@]21C. The molecule has 5 saturated heterocycles. The van der Waals surface area contributed by atoms with E-state index in [1.165, 1.54) is 26.3 Å². The summed E-state index contributed by atoms with van der Waals surface area (Å²) >= 11 is 0. The van der Waals surface area contributed by atoms with Crippen molar-refractivity contribution in [3.63, 3.8) is 0 Å². The van der Waals surface area contributed by atoms with Gasteiger partial charge in [-0.15, -0.1) is 0 Å². The van der Waals surface area contributed by atoms with Crippen molar-refractivity contribution in [2.75, 3.05) is 26.9 Å². The molecule has 85 heavy (non-hydrogen) atoms. The number of aliphatic hydroxyl groups excluding tert-OH is 14. The van der Waals surface area contributed by atoms with Crippen LogP contribution in [-0.4, -0.2) is 270 Å². The van der Waals surface area contributed by atoms with Crippen molar-refractivity contribution in [2.45, 2.75) is 291 Å². The first-order valence-corrected chi connectivity index (χ1v) is 31.0. The van der Waals surface area contributed by atoms with E-state index >= 15 is 0 Å². The number of rotatable bonds is 20. The van der Waals surface area contributed by atoms with Gasteiger partial charge in [-0.1, -0.05) is 45.8 Å². The van der Waals surface area contributed by atoms with E-state index < -0.39 is 179 Å². The number of allylic oxidation sites excluding steroid dienone is 1. The van der Waals surface area contributed by atoms with E-state index in [0.717, 1.165) is 38.5 Å². The molecule has 8 fully saturated rings. The molecule has 0 bridgehead atoms. The lowest BCUT2D eigenvalue weighted by atomic mass is 9.47. The van der Waals surface area contributed by atoms with Gasteiger partial charge in [0.05, 0.1) is 50.3 Å². The highest BCUT2D eigenvalue weighted by atomic mass is 16.8. The maximum atomic E-state index is 12.3. The maximum absolute atomic E-state index is 12.3. The first-order chi connectivity index (χ1) is 40.1. The quantitative estimate of drug-likeness (QED) is 0.0477. The number of aliphatic hydroxyl groups is 14. The smallest absolute Gasteiger partial charge is 0.187 e. The van der Waals surface area contributed by atoms with Gasteiger partial charge in [0, 0.05) is 13.5 Å². The van der Waals surface area contributed by atoms with Crippen molar-refractivity contribution in [3.8, 4) is 0 Å². The van der Waals surface area contributed by atoms with Crippen LogP contribution < -0.4 is 0 Å². The van der Waals surface area contributed by atoms with E-state index in [4.69, 9.17) is 56.8 Å². The fourth-order valence-corrected chi connectivity index (χ4v) is 16.0. The van der Waals surface area contributed by atoms with Crippen LogP contribution in [0.1, 0.15) is 120 Å². The van der Waals surface area contributed by atoms with Gasteiger partial charge in [0.15, 0.2) is 37.2 Å². The van der Waals surface area contributed by atoms with Gasteiger partial charge in [-0.3, -0.25) is 0 Å². The zero-order chi connectivity index (χ0) is 61.9. The van der Waals surface area contributed by atoms with Crippen LogP contribution in [0, 0.1) is 40.4 Å². The molecule has 0 aromatic heterocycles. The zero-order valence-corrected chi connectivity index (χ0v) is 50.4. The Morgan fingerprint density at radius 2 is 1.15 bits per heavy atom. The minimum Gasteiger partial charge on any atom is -0.394 e. The highest BCUT2D eigenvalue weighted by Gasteiger charge is 2.63. The highest BCUT2D eigenvalue weighted by Crippen LogP contribution is 2.67. The summed E-state index contributed by atoms with van der Waals surface area (Å²) in [6.07, 6.45) is -27.5. The summed E-state index contributed by atoms with van der Waals surface area (Å²) < 4.78 is 73.5. The summed E-state index contributed by atoms with van der Waals surface area (Å²) in [5, 5.41) is 150. The van der Waals surface area contributed by atoms with E-state index in [9.17, 15) is 71.5 Å². The molecule has 0 spiro atoms. The van der Waals surface area contributed by atoms with Gasteiger partial charge in [0.1, 0.15) is 104 Å². The predicted octanol–water partition coefficient (Wildman–Crippen LogP) is -1.69. The van der Waals surface area contributed by atoms with E-state index in [-0.39, 0.29) is 35.4 Å². The van der Waals surface area contributed by atoms with Crippen LogP contribution in [0.3, 0.4) is 0 Å². The molecule has 10 unspecified atom stereocenters. The number of ether oxygens (including phenoxy) is 12. The summed E-state index contributed by atoms with van der Waals surface area (Å²) in [6.45, 7) is 14.3. The van der Waals surface area contributed by atoms with Crippen molar-refractivity contribution in [2.24, 2.45) is 40.4 Å². The Hall–Kier alpha value is -1.30. The summed E-state index contributed by atoms with van der Waals surface area (Å²) in [4.78, 5) is 0. The molecule has 9 rings (SSSR count). The van der Waals surface area contributed by atoms with Crippen molar-refractivity contribution >= 4 is 0 Å². The molecule has 4 aliphatic carbocycles. The summed E-state index contributed by atoms with van der Waals surface area (Å²) in [6, 6.07) is 0. The van der Waals surface area contributed by atoms with Crippen LogP contribution in [0.5, 0.6) is 0 Å². The van der Waals surface area contributed by atoms with Crippen LogP contribution in [0.15, 0.2) is 11.6 Å². The molecule has 3 saturated carbocycles. The van der Waals surface area contributed by atoms with Crippen molar-refractivity contribution in [1.29, 1.82) is 0 Å². The minimum atomic E-state index is -1.88. The lowest BCUT2D eigenvalue weighted by Gasteiger charge is -2.58. The van der Waals surface area contributed by atoms with E-state index in [1.54, 1.807) is 7.11 Å². The van der Waals surface area contributed by atoms with Crippen molar-refractivity contribution in [3.05, 3.63) is 11.6 Å². The lowest BCUT2D eigenvalue weighted by Crippen LogP contribution is -2.67. The molecule has 5 aliphatic heterocycles. The molecule has 0 aromatic carbocycles. The molecule has 0 radical (unpaired) electrons. The third-order valence-electron chi connectivity index (χ3n) is 21.4. The van der Waals surface area contributed by atoms with Crippen molar-refractivity contribution < 1.29 is 128 Å². The number of methoxy groups -OCH3 is 1. The number of hydrogen-bond donors (Lipinski definition) is 14. The van der Waals surface area contributed by atoms with Gasteiger partial charge >= 0.3 is 0 Å². The topological polar surface area (TPSA) is 394 Å². The minimum absolute atomic E-state index is 0.0189. The summed E-state index contributed by atoms with van der Waals surface area (Å²) in [7, 11) is 1.66. The molecular weight excluding hydrogens is 1120 g/mol. The Morgan fingerprint density at radius 1 is 0.600 bits per heavy atom. The molecule has 14 N–H and O–H groups in total. The first-order valence-electron chi connectivity index (χ1n) is 31.0. The Kier molecular flexibility index (Phi) is 22.0. The second-order valence-corrected chi connectivity index (χ2v) is 26.8. The third-order valence-corrected chi connectivity index (χ3v) is 21.4. The fraction of sp³-hybridized carbons (Fsp3) is 0.966. The summed E-state index contributed by atoms with van der Waals surface area (Å²) in [5.74, 6) is 0.473. The number of hydrogen-bond acceptors (Lipinski definition) is 26. The van der Waals surface area contributed by atoms with E-state index in [1.807, 2.05) is 13.8 Å². The molecule has 0 aromatic rings. The van der Waals surface area contributed by atoms with E-state index in [2.05, 4.69) is 26.8 Å². The lowest BCUT2D eigenvalue weighted by molar-refractivity contribution is -0.394. The molecular formula is C59H100O26. The molecule has 5 heterocycles. The van der Waals surface area contributed by atoms with Gasteiger partial charge in [-0.05, 0) is 119 Å². The van der Waals surface area contributed by atoms with Crippen LogP contribution >= 0.6 is 0 Å². The third kappa shape index (κ3) is 13.4. The largest absolute Gasteiger partial charge is 0.394 e. The zero-order valence-electron chi connectivity index (χ0n) is 50.4. The average molecular weight is 1230 g/mol. The highest BCUT2D eigenvalue weighted by molar-refractivity contribution is 5.26.